The molecule has 0 spiro atoms. The maximum atomic E-state index is 11.7. The Kier molecular flexibility index (Phi) is 3.66. The summed E-state index contributed by atoms with van der Waals surface area (Å²) in [5.74, 6) is 0. The summed E-state index contributed by atoms with van der Waals surface area (Å²) in [6.07, 6.45) is 1.42. The first-order valence-corrected chi connectivity index (χ1v) is 5.23. The highest BCUT2D eigenvalue weighted by molar-refractivity contribution is 5.69. The first-order valence-electron chi connectivity index (χ1n) is 5.23. The number of hydrogen-bond acceptors (Lipinski definition) is 4. The van der Waals surface area contributed by atoms with Crippen LogP contribution in [0.5, 0.6) is 0 Å². The monoisotopic (exact) mass is 214 g/mol. The van der Waals surface area contributed by atoms with Gasteiger partial charge in [-0.05, 0) is 33.6 Å². The Morgan fingerprint density at radius 3 is 2.73 bits per heavy atom. The Morgan fingerprint density at radius 2 is 2.20 bits per heavy atom. The minimum absolute atomic E-state index is 0.0719. The lowest BCUT2D eigenvalue weighted by Crippen LogP contribution is -2.40. The average molecular weight is 214 g/mol. The molecule has 1 rings (SSSR count). The smallest absolute Gasteiger partial charge is 0.410 e. The Morgan fingerprint density at radius 1 is 1.53 bits per heavy atom. The highest BCUT2D eigenvalue weighted by Gasteiger charge is 2.32. The molecule has 1 amide bonds. The lowest BCUT2D eigenvalue weighted by Gasteiger charge is -2.27. The summed E-state index contributed by atoms with van der Waals surface area (Å²) < 4.78 is 5.24. The van der Waals surface area contributed by atoms with E-state index in [-0.39, 0.29) is 18.7 Å². The highest BCUT2D eigenvalue weighted by atomic mass is 16.6. The van der Waals surface area contributed by atoms with Crippen molar-refractivity contribution >= 4 is 6.09 Å². The fourth-order valence-electron chi connectivity index (χ4n) is 1.67. The third-order valence-electron chi connectivity index (χ3n) is 2.29. The molecule has 0 aromatic carbocycles. The molecule has 1 aliphatic rings. The van der Waals surface area contributed by atoms with Gasteiger partial charge >= 0.3 is 6.09 Å². The molecule has 15 heavy (non-hydrogen) atoms. The van der Waals surface area contributed by atoms with Crippen LogP contribution in [-0.4, -0.2) is 35.7 Å². The van der Waals surface area contributed by atoms with Crippen molar-refractivity contribution in [3.05, 3.63) is 4.91 Å². The minimum Gasteiger partial charge on any atom is -0.444 e. The van der Waals surface area contributed by atoms with Crippen LogP contribution in [-0.2, 0) is 4.74 Å². The summed E-state index contributed by atoms with van der Waals surface area (Å²) in [4.78, 5) is 23.5. The number of carbonyl (C=O) groups is 1. The van der Waals surface area contributed by atoms with Gasteiger partial charge in [-0.2, -0.15) is 4.91 Å². The Bertz CT molecular complexity index is 248. The van der Waals surface area contributed by atoms with Crippen molar-refractivity contribution in [1.82, 2.24) is 4.90 Å². The molecule has 0 bridgehead atoms. The quantitative estimate of drug-likeness (QED) is 0.662. The fraction of sp³-hybridized carbons (Fsp3) is 0.900. The summed E-state index contributed by atoms with van der Waals surface area (Å²) in [5, 5.41) is 2.85. The molecule has 0 aromatic heterocycles. The zero-order valence-corrected chi connectivity index (χ0v) is 9.52. The maximum absolute atomic E-state index is 11.7. The van der Waals surface area contributed by atoms with E-state index in [2.05, 4.69) is 5.18 Å². The molecule has 0 N–H and O–H groups in total. The van der Waals surface area contributed by atoms with E-state index in [0.717, 1.165) is 12.8 Å². The summed E-state index contributed by atoms with van der Waals surface area (Å²) in [6.45, 7) is 6.31. The molecular formula is C10H18N2O3. The third kappa shape index (κ3) is 3.49. The van der Waals surface area contributed by atoms with Gasteiger partial charge in [0.05, 0.1) is 6.04 Å². The topological polar surface area (TPSA) is 59.0 Å². The number of amides is 1. The van der Waals surface area contributed by atoms with Crippen LogP contribution in [0.4, 0.5) is 4.79 Å². The first kappa shape index (κ1) is 11.9. The Labute approximate surface area is 89.7 Å². The third-order valence-corrected chi connectivity index (χ3v) is 2.29. The lowest BCUT2D eigenvalue weighted by molar-refractivity contribution is 0.0232. The molecule has 0 saturated carbocycles. The van der Waals surface area contributed by atoms with E-state index in [1.54, 1.807) is 4.90 Å². The van der Waals surface area contributed by atoms with Crippen LogP contribution in [0.25, 0.3) is 0 Å². The number of nitroso groups, excluding NO2 is 1. The second-order valence-corrected chi connectivity index (χ2v) is 4.78. The molecule has 1 aliphatic heterocycles. The van der Waals surface area contributed by atoms with Crippen LogP contribution in [0.3, 0.4) is 0 Å². The van der Waals surface area contributed by atoms with Gasteiger partial charge in [-0.15, -0.1) is 0 Å². The molecule has 1 saturated heterocycles. The van der Waals surface area contributed by atoms with E-state index in [1.807, 2.05) is 20.8 Å². The number of rotatable bonds is 2. The number of carbonyl (C=O) groups excluding carboxylic acids is 1. The van der Waals surface area contributed by atoms with Gasteiger partial charge in [0.25, 0.3) is 0 Å². The predicted molar refractivity (Wildman–Crippen MR) is 56.6 cm³/mol. The van der Waals surface area contributed by atoms with E-state index in [9.17, 15) is 9.70 Å². The molecule has 0 aromatic rings. The van der Waals surface area contributed by atoms with Crippen molar-refractivity contribution in [3.8, 4) is 0 Å². The lowest BCUT2D eigenvalue weighted by atomic mass is 10.2. The minimum atomic E-state index is -0.487. The number of likely N-dealkylation sites (tertiary alicyclic amines) is 1. The van der Waals surface area contributed by atoms with Crippen molar-refractivity contribution < 1.29 is 9.53 Å². The van der Waals surface area contributed by atoms with Gasteiger partial charge in [0.15, 0.2) is 0 Å². The van der Waals surface area contributed by atoms with Gasteiger partial charge in [0, 0.05) is 6.54 Å². The molecule has 1 fully saturated rings. The van der Waals surface area contributed by atoms with Crippen molar-refractivity contribution in [1.29, 1.82) is 0 Å². The van der Waals surface area contributed by atoms with Crippen LogP contribution in [0.2, 0.25) is 0 Å². The zero-order valence-electron chi connectivity index (χ0n) is 9.52. The van der Waals surface area contributed by atoms with Gasteiger partial charge in [0.2, 0.25) is 0 Å². The van der Waals surface area contributed by atoms with Crippen molar-refractivity contribution in [2.45, 2.75) is 45.3 Å². The van der Waals surface area contributed by atoms with Gasteiger partial charge in [-0.1, -0.05) is 5.18 Å². The molecule has 5 heteroatoms. The van der Waals surface area contributed by atoms with E-state index in [1.165, 1.54) is 0 Å². The van der Waals surface area contributed by atoms with Gasteiger partial charge < -0.3 is 9.64 Å². The summed E-state index contributed by atoms with van der Waals surface area (Å²) in [7, 11) is 0. The second-order valence-electron chi connectivity index (χ2n) is 4.78. The number of hydrogen-bond donors (Lipinski definition) is 0. The molecule has 5 nitrogen and oxygen atoms in total. The molecule has 0 aliphatic carbocycles. The average Bonchev–Trinajstić information content (AvgIpc) is 2.49. The SMILES string of the molecule is CC(C)(C)OC(=O)N1CCC[C@H]1CN=O. The maximum Gasteiger partial charge on any atom is 0.410 e. The normalized spacial score (nSPS) is 21.5. The van der Waals surface area contributed by atoms with Gasteiger partial charge in [-0.25, -0.2) is 4.79 Å². The Balaban J connectivity index is 2.54. The number of nitrogens with zero attached hydrogens (tertiary/aromatic N) is 2. The van der Waals surface area contributed by atoms with Crippen LogP contribution >= 0.6 is 0 Å². The molecule has 1 atom stereocenters. The molecule has 0 unspecified atom stereocenters. The van der Waals surface area contributed by atoms with E-state index in [4.69, 9.17) is 4.74 Å². The summed E-state index contributed by atoms with van der Waals surface area (Å²) >= 11 is 0. The number of ether oxygens (including phenoxy) is 1. The van der Waals surface area contributed by atoms with Gasteiger partial charge in [0.1, 0.15) is 12.1 Å². The molecule has 1 heterocycles. The Hall–Kier alpha value is -1.13. The van der Waals surface area contributed by atoms with E-state index >= 15 is 0 Å². The van der Waals surface area contributed by atoms with E-state index < -0.39 is 5.60 Å². The summed E-state index contributed by atoms with van der Waals surface area (Å²) in [6, 6.07) is -0.0719. The van der Waals surface area contributed by atoms with Crippen LogP contribution in [0, 0.1) is 4.91 Å². The van der Waals surface area contributed by atoms with Crippen molar-refractivity contribution in [2.24, 2.45) is 5.18 Å². The highest BCUT2D eigenvalue weighted by Crippen LogP contribution is 2.20. The predicted octanol–water partition coefficient (Wildman–Crippen LogP) is 2.15. The molecule has 86 valence electrons. The van der Waals surface area contributed by atoms with Crippen molar-refractivity contribution in [3.63, 3.8) is 0 Å². The first-order chi connectivity index (χ1) is 6.94. The van der Waals surface area contributed by atoms with Crippen LogP contribution < -0.4 is 0 Å². The largest absolute Gasteiger partial charge is 0.444 e. The van der Waals surface area contributed by atoms with Gasteiger partial charge in [-0.3, -0.25) is 0 Å². The zero-order chi connectivity index (χ0) is 11.5. The fourth-order valence-corrected chi connectivity index (χ4v) is 1.67. The van der Waals surface area contributed by atoms with E-state index in [0.29, 0.717) is 6.54 Å². The second kappa shape index (κ2) is 4.59. The standard InChI is InChI=1S/C10H18N2O3/c1-10(2,3)15-9(13)12-6-4-5-8(12)7-11-14/h8H,4-7H2,1-3H3/t8-/m0/s1. The van der Waals surface area contributed by atoms with Crippen LogP contribution in [0.15, 0.2) is 5.18 Å². The molecule has 0 radical (unpaired) electrons. The molecular weight excluding hydrogens is 196 g/mol. The summed E-state index contributed by atoms with van der Waals surface area (Å²) in [5.41, 5.74) is -0.487. The van der Waals surface area contributed by atoms with Crippen LogP contribution in [0.1, 0.15) is 33.6 Å². The van der Waals surface area contributed by atoms with Crippen molar-refractivity contribution in [2.75, 3.05) is 13.1 Å².